The van der Waals surface area contributed by atoms with Crippen LogP contribution in [-0.4, -0.2) is 55.5 Å². The summed E-state index contributed by atoms with van der Waals surface area (Å²) in [6.45, 7) is 0. The Morgan fingerprint density at radius 1 is 1.10 bits per heavy atom. The van der Waals surface area contributed by atoms with Gasteiger partial charge in [0.15, 0.2) is 5.92 Å². The van der Waals surface area contributed by atoms with Gasteiger partial charge in [-0.25, -0.2) is 0 Å². The highest BCUT2D eigenvalue weighted by atomic mass is 32.2. The number of ether oxygens (including phenoxy) is 1. The van der Waals surface area contributed by atoms with Gasteiger partial charge in [0.2, 0.25) is 0 Å². The maximum absolute atomic E-state index is 13.8. The first-order valence-corrected chi connectivity index (χ1v) is 15.6. The fraction of sp³-hybridized carbons (Fsp3) is 0.484. The van der Waals surface area contributed by atoms with Crippen LogP contribution in [0.3, 0.4) is 0 Å². The zero-order valence-electron chi connectivity index (χ0n) is 23.2. The number of benzene rings is 1. The standard InChI is InChI=1S/C31H33NO8S2/c1-39-22-11-18(10-21(33)13-22)24-12-17(3-2-4-23(29(35)36)30(37)38)25(40-24)14-26-28(34)32(31(41)42-26)27-19-6-15-5-16(8-19)9-20(27)7-15/h10-16,19-20,23,27,33H,2-9H2,1H3,(H,35,36)(H,37,38)/b26-14-. The molecule has 2 aromatic rings. The first-order valence-electron chi connectivity index (χ1n) is 14.3. The van der Waals surface area contributed by atoms with Gasteiger partial charge in [0, 0.05) is 23.7 Å². The molecule has 1 aliphatic heterocycles. The van der Waals surface area contributed by atoms with E-state index in [1.54, 1.807) is 18.2 Å². The Morgan fingerprint density at radius 2 is 1.76 bits per heavy atom. The molecule has 3 N–H and O–H groups in total. The number of thiocarbonyl (C=S) groups is 1. The molecule has 4 bridgehead atoms. The number of carbonyl (C=O) groups is 3. The number of nitrogens with zero attached hydrogens (tertiary/aromatic N) is 1. The number of aryl methyl sites for hydroxylation is 1. The van der Waals surface area contributed by atoms with Crippen LogP contribution in [0.2, 0.25) is 0 Å². The zero-order chi connectivity index (χ0) is 29.7. The lowest BCUT2D eigenvalue weighted by Gasteiger charge is -2.56. The van der Waals surface area contributed by atoms with Gasteiger partial charge in [-0.3, -0.25) is 19.3 Å². The topological polar surface area (TPSA) is 138 Å². The van der Waals surface area contributed by atoms with E-state index in [-0.39, 0.29) is 30.5 Å². The SMILES string of the molecule is COc1cc(O)cc(-c2cc(CCCC(C(=O)O)C(=O)O)c(/C=C3\SC(=S)N(C4C5CC6CC(C5)CC4C6)C3=O)o2)c1. The highest BCUT2D eigenvalue weighted by Crippen LogP contribution is 2.56. The number of carboxylic acid groups (broad SMARTS) is 2. The molecule has 42 heavy (non-hydrogen) atoms. The summed E-state index contributed by atoms with van der Waals surface area (Å²) in [5.74, 6) is -0.564. The Hall–Kier alpha value is -3.31. The monoisotopic (exact) mass is 611 g/mol. The van der Waals surface area contributed by atoms with Crippen molar-refractivity contribution >= 4 is 52.2 Å². The van der Waals surface area contributed by atoms with Gasteiger partial charge < -0.3 is 24.5 Å². The number of phenolic OH excluding ortho intramolecular Hbond substituents is 1. The smallest absolute Gasteiger partial charge is 0.317 e. The summed E-state index contributed by atoms with van der Waals surface area (Å²) in [6.07, 6.45) is 8.24. The Labute approximate surface area is 252 Å². The Morgan fingerprint density at radius 3 is 2.38 bits per heavy atom. The third-order valence-electron chi connectivity index (χ3n) is 9.35. The van der Waals surface area contributed by atoms with Gasteiger partial charge in [0.1, 0.15) is 27.3 Å². The molecule has 1 aromatic carbocycles. The summed E-state index contributed by atoms with van der Waals surface area (Å²) in [5.41, 5.74) is 1.25. The van der Waals surface area contributed by atoms with Gasteiger partial charge in [-0.1, -0.05) is 24.0 Å². The number of furan rings is 1. The highest BCUT2D eigenvalue weighted by molar-refractivity contribution is 8.26. The second-order valence-electron chi connectivity index (χ2n) is 12.0. The first-order chi connectivity index (χ1) is 20.1. The number of aromatic hydroxyl groups is 1. The molecule has 1 amide bonds. The van der Waals surface area contributed by atoms with Crippen LogP contribution >= 0.6 is 24.0 Å². The quantitative estimate of drug-likeness (QED) is 0.172. The van der Waals surface area contributed by atoms with Gasteiger partial charge in [-0.2, -0.15) is 0 Å². The van der Waals surface area contributed by atoms with Crippen molar-refractivity contribution in [2.75, 3.05) is 7.11 Å². The average Bonchev–Trinajstić information content (AvgIpc) is 3.45. The number of phenols is 1. The minimum atomic E-state index is -1.51. The molecule has 1 saturated heterocycles. The number of carboxylic acids is 2. The predicted molar refractivity (Wildman–Crippen MR) is 160 cm³/mol. The molecule has 5 fully saturated rings. The Bertz CT molecular complexity index is 1440. The average molecular weight is 612 g/mol. The zero-order valence-corrected chi connectivity index (χ0v) is 24.8. The van der Waals surface area contributed by atoms with E-state index >= 15 is 0 Å². The Kier molecular flexibility index (Phi) is 7.82. The molecule has 0 radical (unpaired) electrons. The number of aliphatic carboxylic acids is 2. The van der Waals surface area contributed by atoms with Crippen LogP contribution < -0.4 is 4.74 Å². The first kappa shape index (κ1) is 28.8. The molecule has 222 valence electrons. The van der Waals surface area contributed by atoms with Crippen LogP contribution in [-0.2, 0) is 20.8 Å². The van der Waals surface area contributed by atoms with Crippen molar-refractivity contribution in [3.63, 3.8) is 0 Å². The van der Waals surface area contributed by atoms with Gasteiger partial charge in [-0.15, -0.1) is 0 Å². The van der Waals surface area contributed by atoms with Crippen LogP contribution in [0.4, 0.5) is 0 Å². The largest absolute Gasteiger partial charge is 0.508 e. The fourth-order valence-electron chi connectivity index (χ4n) is 7.77. The number of carbonyl (C=O) groups excluding carboxylic acids is 1. The highest BCUT2D eigenvalue weighted by Gasteiger charge is 2.53. The van der Waals surface area contributed by atoms with E-state index in [2.05, 4.69) is 0 Å². The molecule has 9 nitrogen and oxygen atoms in total. The molecular weight excluding hydrogens is 578 g/mol. The molecule has 11 heteroatoms. The van der Waals surface area contributed by atoms with Crippen molar-refractivity contribution < 1.29 is 38.9 Å². The van der Waals surface area contributed by atoms with E-state index < -0.39 is 17.9 Å². The van der Waals surface area contributed by atoms with Gasteiger partial charge in [0.05, 0.1) is 12.0 Å². The summed E-state index contributed by atoms with van der Waals surface area (Å²) in [5, 5.41) is 28.7. The molecule has 7 rings (SSSR count). The number of rotatable bonds is 10. The van der Waals surface area contributed by atoms with Crippen molar-refractivity contribution in [2.45, 2.75) is 57.4 Å². The lowest BCUT2D eigenvalue weighted by atomic mass is 9.54. The van der Waals surface area contributed by atoms with Crippen LogP contribution in [0, 0.1) is 29.6 Å². The van der Waals surface area contributed by atoms with Crippen LogP contribution in [0.15, 0.2) is 33.6 Å². The third-order valence-corrected chi connectivity index (χ3v) is 10.7. The summed E-state index contributed by atoms with van der Waals surface area (Å²) >= 11 is 7.03. The van der Waals surface area contributed by atoms with Crippen LogP contribution in [0.1, 0.15) is 56.3 Å². The van der Waals surface area contributed by atoms with Gasteiger partial charge in [0.25, 0.3) is 5.91 Å². The van der Waals surface area contributed by atoms with Gasteiger partial charge in [-0.05, 0) is 98.8 Å². The summed E-state index contributed by atoms with van der Waals surface area (Å²) < 4.78 is 12.1. The maximum atomic E-state index is 13.8. The maximum Gasteiger partial charge on any atom is 0.317 e. The minimum absolute atomic E-state index is 0.00820. The Balaban J connectivity index is 1.29. The molecule has 1 aromatic heterocycles. The van der Waals surface area contributed by atoms with Crippen LogP contribution in [0.5, 0.6) is 11.5 Å². The second kappa shape index (κ2) is 11.4. The molecule has 0 spiro atoms. The normalized spacial score (nSPS) is 27.4. The summed E-state index contributed by atoms with van der Waals surface area (Å²) in [4.78, 5) is 38.9. The molecule has 4 saturated carbocycles. The molecular formula is C31H33NO8S2. The van der Waals surface area contributed by atoms with Crippen molar-refractivity contribution in [1.82, 2.24) is 4.90 Å². The number of hydrogen-bond donors (Lipinski definition) is 3. The van der Waals surface area contributed by atoms with E-state index in [1.807, 2.05) is 4.90 Å². The number of amides is 1. The minimum Gasteiger partial charge on any atom is -0.508 e. The lowest BCUT2D eigenvalue weighted by molar-refractivity contribution is -0.154. The molecule has 0 unspecified atom stereocenters. The van der Waals surface area contributed by atoms with E-state index in [0.29, 0.717) is 55.9 Å². The predicted octanol–water partition coefficient (Wildman–Crippen LogP) is 5.79. The number of thioether (sulfide) groups is 1. The van der Waals surface area contributed by atoms with Crippen LogP contribution in [0.25, 0.3) is 17.4 Å². The van der Waals surface area contributed by atoms with E-state index in [4.69, 9.17) is 21.4 Å². The van der Waals surface area contributed by atoms with Crippen molar-refractivity contribution in [1.29, 1.82) is 0 Å². The summed E-state index contributed by atoms with van der Waals surface area (Å²) in [7, 11) is 1.49. The molecule has 4 aliphatic carbocycles. The van der Waals surface area contributed by atoms with E-state index in [0.717, 1.165) is 11.8 Å². The lowest BCUT2D eigenvalue weighted by Crippen LogP contribution is -2.57. The van der Waals surface area contributed by atoms with Crippen molar-refractivity contribution in [3.05, 3.63) is 40.5 Å². The molecule has 2 heterocycles. The van der Waals surface area contributed by atoms with E-state index in [9.17, 15) is 29.7 Å². The molecule has 0 atom stereocenters. The number of methoxy groups -OCH3 is 1. The van der Waals surface area contributed by atoms with Crippen molar-refractivity contribution in [2.24, 2.45) is 29.6 Å². The van der Waals surface area contributed by atoms with Crippen molar-refractivity contribution in [3.8, 4) is 22.8 Å². The fourth-order valence-corrected chi connectivity index (χ4v) is 9.09. The van der Waals surface area contributed by atoms with E-state index in [1.165, 1.54) is 63.1 Å². The summed E-state index contributed by atoms with van der Waals surface area (Å²) in [6, 6.07) is 6.64. The molecule has 5 aliphatic rings. The van der Waals surface area contributed by atoms with Gasteiger partial charge >= 0.3 is 11.9 Å². The third kappa shape index (κ3) is 5.44. The second-order valence-corrected chi connectivity index (χ2v) is 13.7. The number of hydrogen-bond acceptors (Lipinski definition) is 8.